The molecule has 0 saturated heterocycles. The molecule has 1 aromatic heterocycles. The monoisotopic (exact) mass is 150 g/mol. The van der Waals surface area contributed by atoms with Gasteiger partial charge in [0, 0.05) is 0 Å². The number of hydrogen-bond donors (Lipinski definition) is 0. The van der Waals surface area contributed by atoms with E-state index in [1.165, 1.54) is 12.6 Å². The summed E-state index contributed by atoms with van der Waals surface area (Å²) in [6, 6.07) is 0. The first-order chi connectivity index (χ1) is 5.36. The fourth-order valence-electron chi connectivity index (χ4n) is 1.44. The predicted molar refractivity (Wildman–Crippen MR) is 52.1 cm³/mol. The van der Waals surface area contributed by atoms with Gasteiger partial charge in [0.2, 0.25) is 0 Å². The molecule has 0 aromatic carbocycles. The molecule has 0 aliphatic carbocycles. The van der Waals surface area contributed by atoms with Crippen molar-refractivity contribution < 1.29 is 4.48 Å². The van der Waals surface area contributed by atoms with Crippen LogP contribution < -0.4 is 4.48 Å². The van der Waals surface area contributed by atoms with E-state index in [9.17, 15) is 0 Å². The minimum absolute atomic E-state index is 0.112. The Hall–Kier alpha value is -0.660. The van der Waals surface area contributed by atoms with Gasteiger partial charge in [0.15, 0.2) is 13.7 Å². The normalized spacial score (nSPS) is 10.0. The highest BCUT2D eigenvalue weighted by molar-refractivity contribution is 6.33. The Kier molecular flexibility index (Phi) is 3.27. The first-order valence-electron chi connectivity index (χ1n) is 4.75. The average Bonchev–Trinajstić information content (AvgIpc) is 2.38. The molecule has 0 unspecified atom stereocenters. The summed E-state index contributed by atoms with van der Waals surface area (Å²) in [5.74, 6) is 0. The summed E-state index contributed by atoms with van der Waals surface area (Å²) in [6.45, 7) is 4.46. The molecule has 0 saturated carbocycles. The number of nitrogens with zero attached hydrogens (tertiary/aromatic N) is 2. The molecule has 0 amide bonds. The van der Waals surface area contributed by atoms with E-state index in [-0.39, 0.29) is 7.41 Å². The van der Waals surface area contributed by atoms with E-state index in [1.807, 2.05) is 0 Å². The minimum Gasteiger partial charge on any atom is -0.443 e. The third kappa shape index (κ3) is 2.45. The highest BCUT2D eigenvalue weighted by Gasteiger charge is 1.98. The number of rotatable bonds is 4. The van der Waals surface area contributed by atoms with Gasteiger partial charge >= 0.3 is 7.41 Å². The summed E-state index contributed by atoms with van der Waals surface area (Å²) in [7, 11) is 1.27. The van der Waals surface area contributed by atoms with Crippen molar-refractivity contribution in [1.29, 1.82) is 0 Å². The van der Waals surface area contributed by atoms with E-state index in [0.717, 1.165) is 7.41 Å². The van der Waals surface area contributed by atoms with Gasteiger partial charge in [0.1, 0.15) is 6.20 Å². The highest BCUT2D eigenvalue weighted by Crippen LogP contribution is 1.82. The maximum atomic E-state index is 2.36. The SMILES string of the molecule is CCBn1cc[n+]([BH2-]CC)c1. The van der Waals surface area contributed by atoms with Crippen LogP contribution in [-0.2, 0) is 0 Å². The number of aromatic nitrogens is 2. The molecular weight excluding hydrogens is 134 g/mol. The second-order valence-corrected chi connectivity index (χ2v) is 3.34. The van der Waals surface area contributed by atoms with E-state index in [0.29, 0.717) is 0 Å². The molecule has 0 aliphatic rings. The van der Waals surface area contributed by atoms with Crippen LogP contribution in [0.3, 0.4) is 0 Å². The maximum absolute atomic E-state index is 2.36. The lowest BCUT2D eigenvalue weighted by Crippen LogP contribution is -2.37. The Balaban J connectivity index is 2.51. The van der Waals surface area contributed by atoms with Crippen LogP contribution in [0.25, 0.3) is 0 Å². The third-order valence-corrected chi connectivity index (χ3v) is 1.99. The van der Waals surface area contributed by atoms with Gasteiger partial charge in [-0.15, -0.1) is 6.32 Å². The van der Waals surface area contributed by atoms with E-state index in [4.69, 9.17) is 0 Å². The molecule has 0 atom stereocenters. The summed E-state index contributed by atoms with van der Waals surface area (Å²) < 4.78 is 4.62. The second kappa shape index (κ2) is 4.27. The first-order valence-corrected chi connectivity index (χ1v) is 4.75. The van der Waals surface area contributed by atoms with Crippen molar-refractivity contribution in [3.8, 4) is 0 Å². The van der Waals surface area contributed by atoms with E-state index in [2.05, 4.69) is 41.5 Å². The predicted octanol–water partition coefficient (Wildman–Crippen LogP) is -0.217. The van der Waals surface area contributed by atoms with Crippen molar-refractivity contribution in [3.63, 3.8) is 0 Å². The van der Waals surface area contributed by atoms with Gasteiger partial charge in [-0.05, 0) is 6.32 Å². The Morgan fingerprint density at radius 1 is 1.55 bits per heavy atom. The molecule has 1 aromatic rings. The van der Waals surface area contributed by atoms with Crippen LogP contribution in [0.15, 0.2) is 18.7 Å². The van der Waals surface area contributed by atoms with Crippen molar-refractivity contribution in [2.24, 2.45) is 0 Å². The molecular formula is C7H16B2N2. The standard InChI is InChI=1S/C7H16B2N2/c1-3-8-10-5-6-11(7-10)9-4-2/h5-8H,3-4,9H2,1-2H3. The van der Waals surface area contributed by atoms with Crippen molar-refractivity contribution in [1.82, 2.24) is 4.48 Å². The van der Waals surface area contributed by atoms with Gasteiger partial charge in [-0.25, -0.2) is 0 Å². The topological polar surface area (TPSA) is 8.81 Å². The van der Waals surface area contributed by atoms with Crippen LogP contribution in [0, 0.1) is 0 Å². The molecule has 11 heavy (non-hydrogen) atoms. The quantitative estimate of drug-likeness (QED) is 0.524. The lowest BCUT2D eigenvalue weighted by molar-refractivity contribution is -0.528. The van der Waals surface area contributed by atoms with Crippen molar-refractivity contribution >= 4 is 14.8 Å². The van der Waals surface area contributed by atoms with Gasteiger partial charge < -0.3 is 8.96 Å². The summed E-state index contributed by atoms with van der Waals surface area (Å²) in [4.78, 5) is 0. The van der Waals surface area contributed by atoms with Gasteiger partial charge in [-0.2, -0.15) is 0 Å². The Morgan fingerprint density at radius 2 is 2.36 bits per heavy atom. The van der Waals surface area contributed by atoms with Crippen LogP contribution in [-0.4, -0.2) is 19.3 Å². The minimum atomic E-state index is 0.112. The van der Waals surface area contributed by atoms with E-state index < -0.39 is 0 Å². The average molecular weight is 150 g/mol. The smallest absolute Gasteiger partial charge is 0.359 e. The van der Waals surface area contributed by atoms with Crippen LogP contribution in [0.4, 0.5) is 0 Å². The van der Waals surface area contributed by atoms with Gasteiger partial charge in [0.25, 0.3) is 0 Å². The van der Waals surface area contributed by atoms with Crippen LogP contribution >= 0.6 is 0 Å². The number of hydrogen-bond acceptors (Lipinski definition) is 0. The Labute approximate surface area is 69.8 Å². The zero-order valence-corrected chi connectivity index (χ0v) is 7.75. The van der Waals surface area contributed by atoms with Crippen molar-refractivity contribution in [2.45, 2.75) is 26.5 Å². The van der Waals surface area contributed by atoms with Gasteiger partial charge in [-0.3, -0.25) is 0 Å². The highest BCUT2D eigenvalue weighted by atomic mass is 15.0. The van der Waals surface area contributed by atoms with E-state index >= 15 is 0 Å². The summed E-state index contributed by atoms with van der Waals surface area (Å²) in [5, 5.41) is 0. The lowest BCUT2D eigenvalue weighted by atomic mass is 9.90. The molecule has 0 N–H and O–H groups in total. The zero-order valence-electron chi connectivity index (χ0n) is 7.75. The molecule has 0 spiro atoms. The van der Waals surface area contributed by atoms with Crippen molar-refractivity contribution in [3.05, 3.63) is 18.7 Å². The first kappa shape index (κ1) is 8.44. The van der Waals surface area contributed by atoms with Crippen molar-refractivity contribution in [2.75, 3.05) is 0 Å². The third-order valence-electron chi connectivity index (χ3n) is 1.99. The molecule has 4 heteroatoms. The van der Waals surface area contributed by atoms with Crippen LogP contribution in [0.1, 0.15) is 13.8 Å². The molecule has 60 valence electrons. The summed E-state index contributed by atoms with van der Waals surface area (Å²) >= 11 is 0. The van der Waals surface area contributed by atoms with Gasteiger partial charge in [-0.1, -0.05) is 13.8 Å². The molecule has 0 bridgehead atoms. The fraction of sp³-hybridized carbons (Fsp3) is 0.571. The zero-order chi connectivity index (χ0) is 8.10. The van der Waals surface area contributed by atoms with Crippen LogP contribution in [0.5, 0.6) is 0 Å². The largest absolute Gasteiger partial charge is 0.443 e. The van der Waals surface area contributed by atoms with Gasteiger partial charge in [0.05, 0.1) is 6.20 Å². The molecule has 0 radical (unpaired) electrons. The molecule has 2 nitrogen and oxygen atoms in total. The molecule has 1 heterocycles. The fourth-order valence-corrected chi connectivity index (χ4v) is 1.44. The maximum Gasteiger partial charge on any atom is 0.359 e. The lowest BCUT2D eigenvalue weighted by Gasteiger charge is -1.96. The Morgan fingerprint density at radius 3 is 3.00 bits per heavy atom. The van der Waals surface area contributed by atoms with E-state index in [1.54, 1.807) is 0 Å². The molecule has 0 aliphatic heterocycles. The molecule has 0 fully saturated rings. The number of imidazole rings is 1. The van der Waals surface area contributed by atoms with Crippen LogP contribution in [0.2, 0.25) is 12.6 Å². The second-order valence-electron chi connectivity index (χ2n) is 3.34. The summed E-state index contributed by atoms with van der Waals surface area (Å²) in [6.07, 6.45) is 9.15. The Bertz CT molecular complexity index is 189. The summed E-state index contributed by atoms with van der Waals surface area (Å²) in [5.41, 5.74) is 0. The molecule has 1 rings (SSSR count).